The van der Waals surface area contributed by atoms with E-state index in [1.165, 1.54) is 29.1 Å². The second-order valence-corrected chi connectivity index (χ2v) is 12.4. The predicted octanol–water partition coefficient (Wildman–Crippen LogP) is 1.27. The minimum absolute atomic E-state index is 0.290. The van der Waals surface area contributed by atoms with Crippen LogP contribution in [0.25, 0.3) is 0 Å². The molecule has 0 fully saturated rings. The molecule has 5 rings (SSSR count). The Morgan fingerprint density at radius 2 is 1.07 bits per heavy atom. The van der Waals surface area contributed by atoms with E-state index >= 15 is 0 Å². The molecular formula is C25H26N4O8S5. The van der Waals surface area contributed by atoms with Gasteiger partial charge in [0.05, 0.1) is 23.8 Å². The Bertz CT molecular complexity index is 1760. The first-order valence-electron chi connectivity index (χ1n) is 11.5. The van der Waals surface area contributed by atoms with Crippen molar-refractivity contribution >= 4 is 86.0 Å². The molecule has 0 amide bonds. The third-order valence-corrected chi connectivity index (χ3v) is 8.05. The van der Waals surface area contributed by atoms with Gasteiger partial charge in [-0.3, -0.25) is 8.42 Å². The monoisotopic (exact) mass is 670 g/mol. The van der Waals surface area contributed by atoms with Gasteiger partial charge in [0.25, 0.3) is 0 Å². The van der Waals surface area contributed by atoms with E-state index in [4.69, 9.17) is 17.5 Å². The van der Waals surface area contributed by atoms with Gasteiger partial charge in [0.15, 0.2) is 11.4 Å². The lowest BCUT2D eigenvalue weighted by molar-refractivity contribution is -0.428. The summed E-state index contributed by atoms with van der Waals surface area (Å²) in [5.41, 5.74) is 4.62. The van der Waals surface area contributed by atoms with Crippen LogP contribution in [0.1, 0.15) is 5.56 Å². The van der Waals surface area contributed by atoms with Crippen LogP contribution in [0, 0.1) is 6.92 Å². The summed E-state index contributed by atoms with van der Waals surface area (Å²) in [6.07, 6.45) is 13.7. The maximum absolute atomic E-state index is 10.8. The normalized spacial score (nSPS) is 16.4. The van der Waals surface area contributed by atoms with Crippen molar-refractivity contribution in [1.82, 2.24) is 0 Å². The molecule has 12 nitrogen and oxygen atoms in total. The maximum atomic E-state index is 10.8. The first-order chi connectivity index (χ1) is 19.7. The summed E-state index contributed by atoms with van der Waals surface area (Å²) in [5.74, 6) is 0. The number of allylic oxidation sites excluding steroid dienone is 6. The predicted molar refractivity (Wildman–Crippen MR) is 168 cm³/mol. The zero-order valence-electron chi connectivity index (χ0n) is 22.9. The second kappa shape index (κ2) is 15.9. The van der Waals surface area contributed by atoms with E-state index in [0.29, 0.717) is 0 Å². The number of rotatable bonds is 0. The smallest absolute Gasteiger partial charge is 0.360 e. The first-order valence-corrected chi connectivity index (χ1v) is 17.5. The molecule has 2 aliphatic heterocycles. The highest BCUT2D eigenvalue weighted by Gasteiger charge is 2.31. The van der Waals surface area contributed by atoms with Crippen LogP contribution in [-0.4, -0.2) is 102 Å². The third-order valence-electron chi connectivity index (χ3n) is 5.31. The van der Waals surface area contributed by atoms with Crippen LogP contribution < -0.4 is 0 Å². The number of fused-ring (bicyclic) bond motifs is 2. The van der Waals surface area contributed by atoms with Gasteiger partial charge in [-0.25, -0.2) is 9.15 Å². The van der Waals surface area contributed by atoms with Gasteiger partial charge in [-0.1, -0.05) is 35.9 Å². The molecule has 17 heteroatoms. The average Bonchev–Trinajstić information content (AvgIpc) is 3.43. The highest BCUT2D eigenvalue weighted by Crippen LogP contribution is 2.19. The van der Waals surface area contributed by atoms with Gasteiger partial charge in [-0.05, 0) is 77.2 Å². The maximum Gasteiger partial charge on any atom is 0.360 e. The van der Waals surface area contributed by atoms with E-state index < -0.39 is 31.0 Å². The molecule has 0 saturated heterocycles. The summed E-state index contributed by atoms with van der Waals surface area (Å²) in [7, 11) is -5.79. The number of hydrogen-bond donors (Lipinski definition) is 0. The summed E-state index contributed by atoms with van der Waals surface area (Å²) in [5, 5.41) is 1.75. The van der Waals surface area contributed by atoms with Crippen LogP contribution in [-0.2, 0) is 31.0 Å². The molecule has 4 aliphatic rings. The van der Waals surface area contributed by atoms with Crippen molar-refractivity contribution in [1.29, 1.82) is 0 Å². The van der Waals surface area contributed by atoms with Gasteiger partial charge in [-0.2, -0.15) is 16.8 Å². The van der Waals surface area contributed by atoms with E-state index in [1.54, 1.807) is 36.5 Å². The molecular weight excluding hydrogens is 645 g/mol. The molecule has 42 heavy (non-hydrogen) atoms. The van der Waals surface area contributed by atoms with Crippen molar-refractivity contribution in [3.63, 3.8) is 0 Å². The van der Waals surface area contributed by atoms with Gasteiger partial charge in [0.2, 0.25) is 32.0 Å². The Balaban J connectivity index is 0.000000214. The highest BCUT2D eigenvalue weighted by atomic mass is 32.3. The molecule has 1 aromatic rings. The molecule has 2 heterocycles. The number of aliphatic imine (C=N–C) groups is 2. The number of benzene rings is 1. The fourth-order valence-corrected chi connectivity index (χ4v) is 5.30. The van der Waals surface area contributed by atoms with Crippen molar-refractivity contribution in [2.24, 2.45) is 9.98 Å². The van der Waals surface area contributed by atoms with Crippen LogP contribution in [0.15, 0.2) is 88.2 Å². The molecule has 0 saturated carbocycles. The lowest BCUT2D eigenvalue weighted by atomic mass is 10.1. The van der Waals surface area contributed by atoms with Crippen molar-refractivity contribution in [3.8, 4) is 0 Å². The number of nitrogens with zero attached hydrogens (tertiary/aromatic N) is 4. The summed E-state index contributed by atoms with van der Waals surface area (Å²) >= 11 is 3.07. The Kier molecular flexibility index (Phi) is 13.2. The van der Waals surface area contributed by atoms with Crippen LogP contribution in [0.4, 0.5) is 0 Å². The Hall–Kier alpha value is -3.19. The van der Waals surface area contributed by atoms with Crippen molar-refractivity contribution in [3.05, 3.63) is 83.7 Å². The van der Waals surface area contributed by atoms with Crippen LogP contribution in [0.5, 0.6) is 0 Å². The van der Waals surface area contributed by atoms with E-state index in [9.17, 15) is 16.8 Å². The quantitative estimate of drug-likeness (QED) is 0.169. The van der Waals surface area contributed by atoms with Gasteiger partial charge in [0.1, 0.15) is 0 Å². The summed E-state index contributed by atoms with van der Waals surface area (Å²) in [4.78, 5) is 9.29. The molecule has 224 valence electrons. The number of hydrogen-bond acceptors (Lipinski definition) is 12. The summed E-state index contributed by atoms with van der Waals surface area (Å²) < 4.78 is 81.0. The molecule has 1 aromatic carbocycles. The van der Waals surface area contributed by atoms with E-state index in [1.807, 2.05) is 54.0 Å². The Labute approximate surface area is 255 Å². The third kappa shape index (κ3) is 10.6. The molecule has 0 bridgehead atoms. The zero-order chi connectivity index (χ0) is 31.6. The lowest BCUT2D eigenvalue weighted by Crippen LogP contribution is -2.14. The average molecular weight is 671 g/mol. The van der Waals surface area contributed by atoms with E-state index in [2.05, 4.69) is 29.0 Å². The molecule has 0 radical (unpaired) electrons. The molecule has 0 N–H and O–H groups in total. The van der Waals surface area contributed by atoms with Crippen LogP contribution in [0.3, 0.4) is 0 Å². The first kappa shape index (κ1) is 35.0. The van der Waals surface area contributed by atoms with E-state index in [-0.39, 0.29) is 9.73 Å². The topological polar surface area (TPSA) is 179 Å². The number of amidine groups is 2. The van der Waals surface area contributed by atoms with E-state index in [0.717, 1.165) is 33.2 Å². The summed E-state index contributed by atoms with van der Waals surface area (Å²) in [6, 6.07) is 10.3. The number of aryl methyl sites for hydroxylation is 1. The van der Waals surface area contributed by atoms with Gasteiger partial charge in [-0.15, -0.1) is 0 Å². The van der Waals surface area contributed by atoms with Crippen molar-refractivity contribution in [2.75, 3.05) is 26.6 Å². The minimum Gasteiger partial charge on any atom is -0.759 e. The SMILES string of the molecule is CSC1=[N+](C)C2=CC(=S(=O)=O)C=CC2=N1.CSC1=[N+](C)C2=CC(=S(=O)=O)C=CC2=N1.Cc1ccccc1.O=S(=O)([O-])[O-]. The molecule has 0 spiro atoms. The fraction of sp³-hybridized carbons (Fsp3) is 0.200. The summed E-state index contributed by atoms with van der Waals surface area (Å²) in [6.45, 7) is 2.08. The van der Waals surface area contributed by atoms with Gasteiger partial charge in [0, 0.05) is 22.6 Å². The molecule has 0 unspecified atom stereocenters. The van der Waals surface area contributed by atoms with Gasteiger partial charge < -0.3 is 9.11 Å². The molecule has 2 aliphatic carbocycles. The standard InChI is InChI=1S/2C9H9N2O2S2.C7H8.H2O4S/c2*1-11-8-5-6(15(12)13)3-4-7(8)10-9(11)14-2;1-7-5-3-2-4-6-7;1-5(2,3)4/h2*3-5H,1-2H3;2-6H,1H3;(H2,1,2,3,4)/q2*+1;;/p-2. The van der Waals surface area contributed by atoms with Crippen molar-refractivity contribution < 1.29 is 43.5 Å². The highest BCUT2D eigenvalue weighted by molar-refractivity contribution is 8.13. The second-order valence-electron chi connectivity index (χ2n) is 8.15. The molecule has 0 atom stereocenters. The largest absolute Gasteiger partial charge is 0.759 e. The van der Waals surface area contributed by atoms with Crippen LogP contribution >= 0.6 is 23.5 Å². The minimum atomic E-state index is -5.17. The molecule has 0 aromatic heterocycles. The Morgan fingerprint density at radius 3 is 1.33 bits per heavy atom. The lowest BCUT2D eigenvalue weighted by Gasteiger charge is -2.06. The van der Waals surface area contributed by atoms with Crippen LogP contribution in [0.2, 0.25) is 0 Å². The fourth-order valence-electron chi connectivity index (χ4n) is 3.40. The Morgan fingerprint density at radius 1 is 0.714 bits per heavy atom. The van der Waals surface area contributed by atoms with Gasteiger partial charge >= 0.3 is 10.3 Å². The number of thioether (sulfide) groups is 2. The van der Waals surface area contributed by atoms with Crippen molar-refractivity contribution in [2.45, 2.75) is 6.92 Å². The zero-order valence-corrected chi connectivity index (χ0v) is 27.0.